The predicted octanol–water partition coefficient (Wildman–Crippen LogP) is 3.69. The Hall–Kier alpha value is -2.34. The van der Waals surface area contributed by atoms with Crippen LogP contribution in [0.1, 0.15) is 43.0 Å². The van der Waals surface area contributed by atoms with Crippen LogP contribution >= 0.6 is 0 Å². The monoisotopic (exact) mass is 399 g/mol. The van der Waals surface area contributed by atoms with Crippen LogP contribution in [0.15, 0.2) is 59.5 Å². The van der Waals surface area contributed by atoms with Crippen LogP contribution < -0.4 is 4.74 Å². The third-order valence-corrected chi connectivity index (χ3v) is 8.04. The minimum absolute atomic E-state index is 0.00823. The number of piperidine rings is 1. The number of rotatable bonds is 5. The molecule has 0 aliphatic carbocycles. The number of nitrogens with zero attached hydrogens (tertiary/aromatic N) is 1. The molecule has 0 N–H and O–H groups in total. The molecule has 2 bridgehead atoms. The molecule has 2 heterocycles. The molecule has 0 radical (unpaired) electrons. The molecule has 2 atom stereocenters. The average Bonchev–Trinajstić information content (AvgIpc) is 2.97. The van der Waals surface area contributed by atoms with Crippen LogP contribution in [0.5, 0.6) is 5.75 Å². The zero-order valence-electron chi connectivity index (χ0n) is 16.0. The molecule has 2 unspecified atom stereocenters. The number of carbonyl (C=O) groups excluding carboxylic acids is 1. The zero-order valence-corrected chi connectivity index (χ0v) is 16.8. The van der Waals surface area contributed by atoms with Gasteiger partial charge in [0.2, 0.25) is 0 Å². The topological polar surface area (TPSA) is 63.7 Å². The van der Waals surface area contributed by atoms with Crippen molar-refractivity contribution in [3.63, 3.8) is 0 Å². The first-order chi connectivity index (χ1) is 13.5. The first-order valence-corrected chi connectivity index (χ1v) is 11.4. The normalized spacial score (nSPS) is 24.2. The molecule has 2 aliphatic heterocycles. The van der Waals surface area contributed by atoms with E-state index in [1.165, 1.54) is 0 Å². The number of amides is 1. The standard InChI is InChI=1S/C22H25NO4S/c1-2-27-19-12-8-16(9-13-19)22(24)23-17-10-11-18(23)15-21(14-17)28(25,26)20-6-4-3-5-7-20/h3-9,12-13,17-18,21H,2,10-11,14-15H2,1H3. The Bertz CT molecular complexity index is 926. The Morgan fingerprint density at radius 3 is 2.18 bits per heavy atom. The summed E-state index contributed by atoms with van der Waals surface area (Å²) in [5, 5.41) is -0.420. The van der Waals surface area contributed by atoms with Crippen LogP contribution in [0.3, 0.4) is 0 Å². The number of sulfone groups is 1. The Labute approximate surface area is 166 Å². The number of benzene rings is 2. The lowest BCUT2D eigenvalue weighted by Crippen LogP contribution is -2.49. The number of hydrogen-bond donors (Lipinski definition) is 0. The van der Waals surface area contributed by atoms with Gasteiger partial charge >= 0.3 is 0 Å². The fraction of sp³-hybridized carbons (Fsp3) is 0.409. The Morgan fingerprint density at radius 2 is 1.61 bits per heavy atom. The molecular weight excluding hydrogens is 374 g/mol. The minimum Gasteiger partial charge on any atom is -0.494 e. The summed E-state index contributed by atoms with van der Waals surface area (Å²) in [7, 11) is -3.37. The molecule has 2 aliphatic rings. The Kier molecular flexibility index (Phi) is 5.15. The second-order valence-corrected chi connectivity index (χ2v) is 9.73. The van der Waals surface area contributed by atoms with Crippen molar-refractivity contribution in [1.29, 1.82) is 0 Å². The third kappa shape index (κ3) is 3.41. The van der Waals surface area contributed by atoms with Crippen molar-refractivity contribution in [1.82, 2.24) is 4.90 Å². The third-order valence-electron chi connectivity index (χ3n) is 5.85. The van der Waals surface area contributed by atoms with Gasteiger partial charge in [0, 0.05) is 17.6 Å². The fourth-order valence-corrected chi connectivity index (χ4v) is 6.40. The highest BCUT2D eigenvalue weighted by molar-refractivity contribution is 7.92. The summed E-state index contributed by atoms with van der Waals surface area (Å²) in [5.41, 5.74) is 0.629. The van der Waals surface area contributed by atoms with Crippen LogP contribution in [0, 0.1) is 0 Å². The smallest absolute Gasteiger partial charge is 0.254 e. The molecule has 28 heavy (non-hydrogen) atoms. The van der Waals surface area contributed by atoms with Crippen molar-refractivity contribution < 1.29 is 17.9 Å². The van der Waals surface area contributed by atoms with Gasteiger partial charge in [-0.05, 0) is 69.0 Å². The van der Waals surface area contributed by atoms with Gasteiger partial charge in [-0.15, -0.1) is 0 Å². The maximum absolute atomic E-state index is 13.1. The van der Waals surface area contributed by atoms with Gasteiger partial charge in [-0.1, -0.05) is 18.2 Å². The molecule has 0 spiro atoms. The van der Waals surface area contributed by atoms with Crippen molar-refractivity contribution in [2.75, 3.05) is 6.61 Å². The van der Waals surface area contributed by atoms with E-state index in [2.05, 4.69) is 0 Å². The number of hydrogen-bond acceptors (Lipinski definition) is 4. The van der Waals surface area contributed by atoms with Gasteiger partial charge in [0.15, 0.2) is 9.84 Å². The van der Waals surface area contributed by atoms with E-state index < -0.39 is 15.1 Å². The summed E-state index contributed by atoms with van der Waals surface area (Å²) < 4.78 is 31.5. The molecule has 0 aromatic heterocycles. The van der Waals surface area contributed by atoms with Gasteiger partial charge in [0.25, 0.3) is 5.91 Å². The highest BCUT2D eigenvalue weighted by Gasteiger charge is 2.47. The second kappa shape index (κ2) is 7.59. The van der Waals surface area contributed by atoms with Gasteiger partial charge in [-0.2, -0.15) is 0 Å². The van der Waals surface area contributed by atoms with Crippen molar-refractivity contribution in [3.05, 3.63) is 60.2 Å². The lowest BCUT2D eigenvalue weighted by molar-refractivity contribution is 0.0598. The molecule has 2 saturated heterocycles. The molecule has 2 aromatic carbocycles. The maximum atomic E-state index is 13.1. The van der Waals surface area contributed by atoms with Gasteiger partial charge in [0.05, 0.1) is 16.8 Å². The van der Waals surface area contributed by atoms with Crippen LogP contribution in [-0.2, 0) is 9.84 Å². The van der Waals surface area contributed by atoms with Gasteiger partial charge < -0.3 is 9.64 Å². The average molecular weight is 400 g/mol. The highest BCUT2D eigenvalue weighted by atomic mass is 32.2. The van der Waals surface area contributed by atoms with Crippen molar-refractivity contribution in [3.8, 4) is 5.75 Å². The lowest BCUT2D eigenvalue weighted by atomic mass is 10.0. The van der Waals surface area contributed by atoms with Crippen molar-refractivity contribution >= 4 is 15.7 Å². The number of ether oxygens (including phenoxy) is 1. The summed E-state index contributed by atoms with van der Waals surface area (Å²) in [4.78, 5) is 15.4. The highest BCUT2D eigenvalue weighted by Crippen LogP contribution is 2.40. The maximum Gasteiger partial charge on any atom is 0.254 e. The molecule has 6 heteroatoms. The van der Waals surface area contributed by atoms with E-state index in [9.17, 15) is 13.2 Å². The van der Waals surface area contributed by atoms with E-state index in [0.717, 1.165) is 18.6 Å². The van der Waals surface area contributed by atoms with Crippen LogP contribution in [0.25, 0.3) is 0 Å². The van der Waals surface area contributed by atoms with E-state index in [-0.39, 0.29) is 18.0 Å². The van der Waals surface area contributed by atoms with Crippen LogP contribution in [0.2, 0.25) is 0 Å². The van der Waals surface area contributed by atoms with Gasteiger partial charge in [0.1, 0.15) is 5.75 Å². The Morgan fingerprint density at radius 1 is 1.00 bits per heavy atom. The fourth-order valence-electron chi connectivity index (χ4n) is 4.52. The first-order valence-electron chi connectivity index (χ1n) is 9.85. The van der Waals surface area contributed by atoms with Gasteiger partial charge in [-0.3, -0.25) is 4.79 Å². The first kappa shape index (κ1) is 19.0. The summed E-state index contributed by atoms with van der Waals surface area (Å²) in [6.45, 7) is 2.51. The van der Waals surface area contributed by atoms with E-state index in [0.29, 0.717) is 29.9 Å². The molecule has 4 rings (SSSR count). The second-order valence-electron chi connectivity index (χ2n) is 7.51. The molecule has 1 amide bonds. The summed E-state index contributed by atoms with van der Waals surface area (Å²) in [6, 6.07) is 15.8. The summed E-state index contributed by atoms with van der Waals surface area (Å²) in [5.74, 6) is 0.737. The van der Waals surface area contributed by atoms with Crippen LogP contribution in [0.4, 0.5) is 0 Å². The van der Waals surface area contributed by atoms with Crippen molar-refractivity contribution in [2.45, 2.75) is 54.8 Å². The molecular formula is C22H25NO4S. The molecule has 148 valence electrons. The van der Waals surface area contributed by atoms with Gasteiger partial charge in [-0.25, -0.2) is 8.42 Å². The molecule has 2 fully saturated rings. The van der Waals surface area contributed by atoms with E-state index >= 15 is 0 Å². The number of fused-ring (bicyclic) bond motifs is 2. The van der Waals surface area contributed by atoms with E-state index in [1.54, 1.807) is 36.4 Å². The quantitative estimate of drug-likeness (QED) is 0.769. The largest absolute Gasteiger partial charge is 0.494 e. The number of carbonyl (C=O) groups is 1. The zero-order chi connectivity index (χ0) is 19.7. The molecule has 2 aromatic rings. The molecule has 0 saturated carbocycles. The SMILES string of the molecule is CCOc1ccc(C(=O)N2C3CCC2CC(S(=O)(=O)c2ccccc2)C3)cc1. The summed E-state index contributed by atoms with van der Waals surface area (Å²) >= 11 is 0. The van der Waals surface area contributed by atoms with Crippen LogP contribution in [-0.4, -0.2) is 43.2 Å². The lowest BCUT2D eigenvalue weighted by Gasteiger charge is -2.38. The van der Waals surface area contributed by atoms with Crippen molar-refractivity contribution in [2.24, 2.45) is 0 Å². The van der Waals surface area contributed by atoms with E-state index in [4.69, 9.17) is 4.74 Å². The Balaban J connectivity index is 1.52. The minimum atomic E-state index is -3.37. The molecule has 5 nitrogen and oxygen atoms in total. The predicted molar refractivity (Wildman–Crippen MR) is 107 cm³/mol. The van der Waals surface area contributed by atoms with E-state index in [1.807, 2.05) is 30.0 Å². The summed E-state index contributed by atoms with van der Waals surface area (Å²) in [6.07, 6.45) is 2.76.